The van der Waals surface area contributed by atoms with Crippen LogP contribution >= 0.6 is 0 Å². The molecule has 146 valence electrons. The third-order valence-electron chi connectivity index (χ3n) is 6.76. The van der Waals surface area contributed by atoms with Gasteiger partial charge in [0.05, 0.1) is 6.61 Å². The maximum absolute atomic E-state index is 10.6. The zero-order valence-electron chi connectivity index (χ0n) is 16.2. The standard InChI is InChI=1S/C24H27NO3/c26-15-3-12-25-13-10-24(11-14-25)17-27-23-16-19(7-8-21(23)24)28-22-9-6-18-4-1-2-5-20(18)22/h1-2,4-5,7-8,15-16,22H,3,6,9-14,17H2. The molecule has 3 aliphatic rings. The summed E-state index contributed by atoms with van der Waals surface area (Å²) < 4.78 is 12.5. The number of nitrogens with zero attached hydrogens (tertiary/aromatic N) is 1. The molecule has 2 heterocycles. The van der Waals surface area contributed by atoms with Crippen LogP contribution in [0.25, 0.3) is 0 Å². The van der Waals surface area contributed by atoms with E-state index in [1.807, 2.05) is 0 Å². The van der Waals surface area contributed by atoms with Crippen LogP contribution in [0, 0.1) is 0 Å². The van der Waals surface area contributed by atoms with Crippen molar-refractivity contribution < 1.29 is 14.3 Å². The molecular weight excluding hydrogens is 350 g/mol. The van der Waals surface area contributed by atoms with Crippen LogP contribution in [0.5, 0.6) is 11.5 Å². The van der Waals surface area contributed by atoms with Crippen molar-refractivity contribution in [3.63, 3.8) is 0 Å². The Kier molecular flexibility index (Phi) is 4.59. The van der Waals surface area contributed by atoms with Crippen molar-refractivity contribution in [2.45, 2.75) is 43.6 Å². The number of hydrogen-bond acceptors (Lipinski definition) is 4. The average molecular weight is 377 g/mol. The number of ether oxygens (including phenoxy) is 2. The summed E-state index contributed by atoms with van der Waals surface area (Å²) in [7, 11) is 0. The van der Waals surface area contributed by atoms with Gasteiger partial charge >= 0.3 is 0 Å². The van der Waals surface area contributed by atoms with E-state index in [1.165, 1.54) is 16.7 Å². The van der Waals surface area contributed by atoms with Gasteiger partial charge < -0.3 is 19.2 Å². The first-order valence-corrected chi connectivity index (χ1v) is 10.5. The number of aldehydes is 1. The molecule has 0 radical (unpaired) electrons. The number of benzene rings is 2. The Morgan fingerprint density at radius 1 is 1.18 bits per heavy atom. The molecule has 1 atom stereocenters. The molecular formula is C24H27NO3. The van der Waals surface area contributed by atoms with Gasteiger partial charge in [0.15, 0.2) is 0 Å². The first-order chi connectivity index (χ1) is 13.8. The summed E-state index contributed by atoms with van der Waals surface area (Å²) in [4.78, 5) is 13.0. The quantitative estimate of drug-likeness (QED) is 0.737. The third-order valence-corrected chi connectivity index (χ3v) is 6.76. The molecule has 28 heavy (non-hydrogen) atoms. The first kappa shape index (κ1) is 17.7. The van der Waals surface area contributed by atoms with E-state index in [0.29, 0.717) is 6.42 Å². The first-order valence-electron chi connectivity index (χ1n) is 10.5. The second-order valence-electron chi connectivity index (χ2n) is 8.37. The number of rotatable bonds is 5. The lowest BCUT2D eigenvalue weighted by atomic mass is 9.74. The zero-order chi connectivity index (χ0) is 19.0. The predicted molar refractivity (Wildman–Crippen MR) is 108 cm³/mol. The van der Waals surface area contributed by atoms with Crippen molar-refractivity contribution in [3.05, 3.63) is 59.2 Å². The molecule has 1 unspecified atom stereocenters. The van der Waals surface area contributed by atoms with Gasteiger partial charge in [-0.3, -0.25) is 0 Å². The van der Waals surface area contributed by atoms with Crippen molar-refractivity contribution in [3.8, 4) is 11.5 Å². The van der Waals surface area contributed by atoms with Gasteiger partial charge in [0.25, 0.3) is 0 Å². The number of carbonyl (C=O) groups excluding carboxylic acids is 1. The van der Waals surface area contributed by atoms with E-state index in [4.69, 9.17) is 9.47 Å². The summed E-state index contributed by atoms with van der Waals surface area (Å²) in [5, 5.41) is 0. The number of piperidine rings is 1. The van der Waals surface area contributed by atoms with Gasteiger partial charge in [-0.15, -0.1) is 0 Å². The van der Waals surface area contributed by atoms with Crippen LogP contribution in [0.15, 0.2) is 42.5 Å². The molecule has 1 saturated heterocycles. The van der Waals surface area contributed by atoms with E-state index < -0.39 is 0 Å². The fourth-order valence-electron chi connectivity index (χ4n) is 5.09. The fraction of sp³-hybridized carbons (Fsp3) is 0.458. The Balaban J connectivity index is 1.29. The Hall–Kier alpha value is -2.33. The average Bonchev–Trinajstić information content (AvgIpc) is 3.30. The summed E-state index contributed by atoms with van der Waals surface area (Å²) >= 11 is 0. The van der Waals surface area contributed by atoms with Crippen LogP contribution in [-0.4, -0.2) is 37.4 Å². The van der Waals surface area contributed by atoms with E-state index in [1.54, 1.807) is 0 Å². The Morgan fingerprint density at radius 3 is 2.89 bits per heavy atom. The minimum absolute atomic E-state index is 0.130. The Morgan fingerprint density at radius 2 is 2.04 bits per heavy atom. The maximum atomic E-state index is 10.6. The number of carbonyl (C=O) groups is 1. The lowest BCUT2D eigenvalue weighted by molar-refractivity contribution is -0.108. The minimum atomic E-state index is 0.130. The molecule has 1 spiro atoms. The van der Waals surface area contributed by atoms with E-state index in [2.05, 4.69) is 47.4 Å². The number of fused-ring (bicyclic) bond motifs is 3. The molecule has 2 aromatic rings. The molecule has 5 rings (SSSR count). The van der Waals surface area contributed by atoms with E-state index >= 15 is 0 Å². The molecule has 4 heteroatoms. The normalized spacial score (nSPS) is 22.5. The number of hydrogen-bond donors (Lipinski definition) is 0. The van der Waals surface area contributed by atoms with Gasteiger partial charge in [-0.1, -0.05) is 30.3 Å². The monoisotopic (exact) mass is 377 g/mol. The summed E-state index contributed by atoms with van der Waals surface area (Å²) in [6, 6.07) is 15.0. The molecule has 4 nitrogen and oxygen atoms in total. The smallest absolute Gasteiger partial charge is 0.126 e. The molecule has 0 N–H and O–H groups in total. The second-order valence-corrected chi connectivity index (χ2v) is 8.37. The molecule has 1 aliphatic carbocycles. The lowest BCUT2D eigenvalue weighted by Crippen LogP contribution is -2.43. The maximum Gasteiger partial charge on any atom is 0.126 e. The molecule has 0 saturated carbocycles. The third kappa shape index (κ3) is 3.10. The van der Waals surface area contributed by atoms with Crippen LogP contribution in [-0.2, 0) is 16.6 Å². The van der Waals surface area contributed by atoms with Crippen molar-refractivity contribution in [1.29, 1.82) is 0 Å². The van der Waals surface area contributed by atoms with E-state index in [9.17, 15) is 4.79 Å². The minimum Gasteiger partial charge on any atom is -0.492 e. The second kappa shape index (κ2) is 7.25. The van der Waals surface area contributed by atoms with Crippen LogP contribution in [0.4, 0.5) is 0 Å². The van der Waals surface area contributed by atoms with Crippen LogP contribution in [0.1, 0.15) is 48.5 Å². The van der Waals surface area contributed by atoms with Crippen LogP contribution in [0.2, 0.25) is 0 Å². The summed E-state index contributed by atoms with van der Waals surface area (Å²) in [5.74, 6) is 1.89. The highest BCUT2D eigenvalue weighted by Crippen LogP contribution is 2.47. The van der Waals surface area contributed by atoms with Gasteiger partial charge in [0.2, 0.25) is 0 Å². The van der Waals surface area contributed by atoms with Gasteiger partial charge in [0.1, 0.15) is 23.9 Å². The number of aryl methyl sites for hydroxylation is 1. The Labute approximate surface area is 166 Å². The van der Waals surface area contributed by atoms with E-state index in [-0.39, 0.29) is 11.5 Å². The fourth-order valence-corrected chi connectivity index (χ4v) is 5.09. The van der Waals surface area contributed by atoms with Gasteiger partial charge in [-0.25, -0.2) is 0 Å². The zero-order valence-corrected chi connectivity index (χ0v) is 16.2. The van der Waals surface area contributed by atoms with Crippen molar-refractivity contribution >= 4 is 6.29 Å². The highest BCUT2D eigenvalue weighted by atomic mass is 16.5. The number of likely N-dealkylation sites (tertiary alicyclic amines) is 1. The van der Waals surface area contributed by atoms with Crippen molar-refractivity contribution in [2.75, 3.05) is 26.2 Å². The largest absolute Gasteiger partial charge is 0.492 e. The van der Waals surface area contributed by atoms with Crippen LogP contribution in [0.3, 0.4) is 0 Å². The van der Waals surface area contributed by atoms with Gasteiger partial charge in [-0.05, 0) is 56.0 Å². The predicted octanol–water partition coefficient (Wildman–Crippen LogP) is 4.07. The summed E-state index contributed by atoms with van der Waals surface area (Å²) in [6.07, 6.45) is 6.10. The summed E-state index contributed by atoms with van der Waals surface area (Å²) in [5.41, 5.74) is 4.20. The Bertz CT molecular complexity index is 870. The van der Waals surface area contributed by atoms with Gasteiger partial charge in [-0.2, -0.15) is 0 Å². The van der Waals surface area contributed by atoms with Crippen LogP contribution < -0.4 is 9.47 Å². The van der Waals surface area contributed by atoms with Gasteiger partial charge in [0, 0.05) is 30.0 Å². The molecule has 1 fully saturated rings. The molecule has 2 aromatic carbocycles. The topological polar surface area (TPSA) is 38.8 Å². The lowest BCUT2D eigenvalue weighted by Gasteiger charge is -2.38. The van der Waals surface area contributed by atoms with Crippen molar-refractivity contribution in [2.24, 2.45) is 0 Å². The molecule has 0 bridgehead atoms. The summed E-state index contributed by atoms with van der Waals surface area (Å²) in [6.45, 7) is 3.71. The van der Waals surface area contributed by atoms with E-state index in [0.717, 1.165) is 69.7 Å². The molecule has 2 aliphatic heterocycles. The van der Waals surface area contributed by atoms with Crippen molar-refractivity contribution in [1.82, 2.24) is 4.90 Å². The molecule has 0 amide bonds. The molecule has 0 aromatic heterocycles. The SMILES string of the molecule is O=CCCN1CCC2(CC1)COc1cc(OC3CCc4ccccc43)ccc12. The highest BCUT2D eigenvalue weighted by Gasteiger charge is 2.43. The highest BCUT2D eigenvalue weighted by molar-refractivity contribution is 5.50.